The summed E-state index contributed by atoms with van der Waals surface area (Å²) in [6.07, 6.45) is 0. The molecule has 0 amide bonds. The van der Waals surface area contributed by atoms with Gasteiger partial charge in [-0.1, -0.05) is 20.8 Å². The maximum atomic E-state index is 11.5. The molecule has 6 heteroatoms. The van der Waals surface area contributed by atoms with Crippen molar-refractivity contribution in [1.82, 2.24) is 0 Å². The molecule has 0 unspecified atom stereocenters. The molecule has 6 nitrogen and oxygen atoms in total. The van der Waals surface area contributed by atoms with Crippen LogP contribution in [0.3, 0.4) is 0 Å². The van der Waals surface area contributed by atoms with Gasteiger partial charge in [0, 0.05) is 5.41 Å². The minimum atomic E-state index is -1.00. The van der Waals surface area contributed by atoms with Crippen LogP contribution in [-0.4, -0.2) is 56.5 Å². The van der Waals surface area contributed by atoms with Crippen molar-refractivity contribution in [3.63, 3.8) is 0 Å². The van der Waals surface area contributed by atoms with E-state index in [0.29, 0.717) is 19.8 Å². The summed E-state index contributed by atoms with van der Waals surface area (Å²) in [5.41, 5.74) is -0.383. The number of carboxylic acid groups (broad SMARTS) is 1. The molecule has 0 fully saturated rings. The fourth-order valence-corrected chi connectivity index (χ4v) is 0.879. The topological polar surface area (TPSA) is 82.1 Å². The average Bonchev–Trinajstić information content (AvgIpc) is 2.24. The normalized spacial score (nSPS) is 11.5. The van der Waals surface area contributed by atoms with Crippen LogP contribution in [0.4, 0.5) is 0 Å². The van der Waals surface area contributed by atoms with Gasteiger partial charge in [-0.25, -0.2) is 4.79 Å². The zero-order valence-corrected chi connectivity index (χ0v) is 11.2. The number of Topliss-reactive ketones (excluding diaryl/α,β-unsaturated/α-hetero) is 1. The molecule has 0 aliphatic rings. The predicted molar refractivity (Wildman–Crippen MR) is 64.6 cm³/mol. The van der Waals surface area contributed by atoms with Gasteiger partial charge in [-0.2, -0.15) is 0 Å². The minimum Gasteiger partial charge on any atom is -0.480 e. The highest BCUT2D eigenvalue weighted by atomic mass is 16.5. The summed E-state index contributed by atoms with van der Waals surface area (Å²) >= 11 is 0. The third-order valence-electron chi connectivity index (χ3n) is 2.04. The van der Waals surface area contributed by atoms with Gasteiger partial charge in [0.25, 0.3) is 0 Å². The summed E-state index contributed by atoms with van der Waals surface area (Å²) in [4.78, 5) is 21.6. The number of aliphatic carboxylic acids is 1. The maximum absolute atomic E-state index is 11.5. The third kappa shape index (κ3) is 10.2. The molecule has 1 N–H and O–H groups in total. The lowest BCUT2D eigenvalue weighted by Crippen LogP contribution is -2.25. The van der Waals surface area contributed by atoms with E-state index in [9.17, 15) is 9.59 Å². The lowest BCUT2D eigenvalue weighted by Gasteiger charge is -2.16. The SMILES string of the molecule is CC(C)(C)C(=O)COCCOCCOCC(=O)O. The molecule has 0 spiro atoms. The zero-order chi connectivity index (χ0) is 14.0. The fraction of sp³-hybridized carbons (Fsp3) is 0.833. The molecule has 0 atom stereocenters. The Labute approximate surface area is 107 Å². The molecule has 0 aromatic carbocycles. The molecule has 0 aliphatic carbocycles. The van der Waals surface area contributed by atoms with Crippen molar-refractivity contribution < 1.29 is 28.9 Å². The number of rotatable bonds is 10. The molecule has 0 saturated carbocycles. The van der Waals surface area contributed by atoms with Crippen LogP contribution in [0.2, 0.25) is 0 Å². The van der Waals surface area contributed by atoms with E-state index in [1.807, 2.05) is 20.8 Å². The maximum Gasteiger partial charge on any atom is 0.329 e. The molecule has 0 aliphatic heterocycles. The second kappa shape index (κ2) is 9.02. The van der Waals surface area contributed by atoms with Gasteiger partial charge in [-0.15, -0.1) is 0 Å². The van der Waals surface area contributed by atoms with Crippen molar-refractivity contribution in [3.8, 4) is 0 Å². The smallest absolute Gasteiger partial charge is 0.329 e. The van der Waals surface area contributed by atoms with Gasteiger partial charge in [0.05, 0.1) is 26.4 Å². The van der Waals surface area contributed by atoms with Gasteiger partial charge >= 0.3 is 5.97 Å². The van der Waals surface area contributed by atoms with Gasteiger partial charge in [0.2, 0.25) is 0 Å². The second-order valence-electron chi connectivity index (χ2n) is 4.78. The van der Waals surface area contributed by atoms with Crippen LogP contribution in [0, 0.1) is 5.41 Å². The molecule has 0 rings (SSSR count). The number of hydrogen-bond donors (Lipinski definition) is 1. The van der Waals surface area contributed by atoms with E-state index in [1.54, 1.807) is 0 Å². The first-order valence-corrected chi connectivity index (χ1v) is 5.82. The van der Waals surface area contributed by atoms with E-state index >= 15 is 0 Å². The number of ketones is 1. The lowest BCUT2D eigenvalue weighted by molar-refractivity contribution is -0.142. The van der Waals surface area contributed by atoms with Crippen molar-refractivity contribution >= 4 is 11.8 Å². The van der Waals surface area contributed by atoms with Crippen molar-refractivity contribution in [2.75, 3.05) is 39.6 Å². The molecular weight excluding hydrogens is 240 g/mol. The second-order valence-corrected chi connectivity index (χ2v) is 4.78. The quantitative estimate of drug-likeness (QED) is 0.585. The molecule has 106 valence electrons. The molecule has 0 bridgehead atoms. The first kappa shape index (κ1) is 17.0. The van der Waals surface area contributed by atoms with Crippen LogP contribution < -0.4 is 0 Å². The Bertz CT molecular complexity index is 256. The van der Waals surface area contributed by atoms with Crippen LogP contribution in [-0.2, 0) is 23.8 Å². The highest BCUT2D eigenvalue weighted by Gasteiger charge is 2.20. The van der Waals surface area contributed by atoms with E-state index in [1.165, 1.54) is 0 Å². The van der Waals surface area contributed by atoms with E-state index in [2.05, 4.69) is 0 Å². The first-order valence-electron chi connectivity index (χ1n) is 5.82. The Kier molecular flexibility index (Phi) is 8.53. The largest absolute Gasteiger partial charge is 0.480 e. The molecule has 0 heterocycles. The third-order valence-corrected chi connectivity index (χ3v) is 2.04. The number of carboxylic acids is 1. The van der Waals surface area contributed by atoms with Gasteiger partial charge in [0.1, 0.15) is 13.2 Å². The molecule has 0 saturated heterocycles. The Morgan fingerprint density at radius 2 is 1.33 bits per heavy atom. The zero-order valence-electron chi connectivity index (χ0n) is 11.2. The van der Waals surface area contributed by atoms with Crippen LogP contribution in [0.1, 0.15) is 20.8 Å². The summed E-state index contributed by atoms with van der Waals surface area (Å²) in [7, 11) is 0. The van der Waals surface area contributed by atoms with Crippen LogP contribution in [0.15, 0.2) is 0 Å². The highest BCUT2D eigenvalue weighted by Crippen LogP contribution is 2.14. The first-order chi connectivity index (χ1) is 8.34. The van der Waals surface area contributed by atoms with Gasteiger partial charge in [0.15, 0.2) is 5.78 Å². The molecule has 0 aromatic rings. The van der Waals surface area contributed by atoms with Crippen LogP contribution in [0.25, 0.3) is 0 Å². The molecular formula is C12H22O6. The molecule has 0 aromatic heterocycles. The van der Waals surface area contributed by atoms with Gasteiger partial charge in [-0.3, -0.25) is 4.79 Å². The van der Waals surface area contributed by atoms with Gasteiger partial charge in [-0.05, 0) is 0 Å². The van der Waals surface area contributed by atoms with E-state index in [0.717, 1.165) is 0 Å². The summed E-state index contributed by atoms with van der Waals surface area (Å²) in [5, 5.41) is 8.29. The Hall–Kier alpha value is -0.980. The summed E-state index contributed by atoms with van der Waals surface area (Å²) in [6.45, 7) is 6.52. The summed E-state index contributed by atoms with van der Waals surface area (Å²) < 4.78 is 15.1. The fourth-order valence-electron chi connectivity index (χ4n) is 0.879. The number of carbonyl (C=O) groups is 2. The van der Waals surface area contributed by atoms with Crippen LogP contribution in [0.5, 0.6) is 0 Å². The Morgan fingerprint density at radius 3 is 1.78 bits per heavy atom. The number of hydrogen-bond acceptors (Lipinski definition) is 5. The number of carbonyl (C=O) groups excluding carboxylic acids is 1. The number of ether oxygens (including phenoxy) is 3. The van der Waals surface area contributed by atoms with Crippen molar-refractivity contribution in [2.24, 2.45) is 5.41 Å². The standard InChI is InChI=1S/C12H22O6/c1-12(2,3)10(13)8-17-6-4-16-5-7-18-9-11(14)15/h4-9H2,1-3H3,(H,14,15). The molecule has 0 radical (unpaired) electrons. The van der Waals surface area contributed by atoms with Crippen molar-refractivity contribution in [1.29, 1.82) is 0 Å². The van der Waals surface area contributed by atoms with Crippen LogP contribution >= 0.6 is 0 Å². The monoisotopic (exact) mass is 262 g/mol. The predicted octanol–water partition coefficient (Wildman–Crippen LogP) is 0.736. The molecule has 18 heavy (non-hydrogen) atoms. The van der Waals surface area contributed by atoms with Crippen molar-refractivity contribution in [2.45, 2.75) is 20.8 Å². The van der Waals surface area contributed by atoms with Gasteiger partial charge < -0.3 is 19.3 Å². The Morgan fingerprint density at radius 1 is 0.889 bits per heavy atom. The lowest BCUT2D eigenvalue weighted by atomic mass is 9.91. The van der Waals surface area contributed by atoms with E-state index in [4.69, 9.17) is 19.3 Å². The summed E-state index contributed by atoms with van der Waals surface area (Å²) in [6, 6.07) is 0. The average molecular weight is 262 g/mol. The van der Waals surface area contributed by atoms with Crippen molar-refractivity contribution in [3.05, 3.63) is 0 Å². The summed E-state index contributed by atoms with van der Waals surface area (Å²) in [5.74, 6) is -0.952. The minimum absolute atomic E-state index is 0.0484. The van der Waals surface area contributed by atoms with E-state index in [-0.39, 0.29) is 31.0 Å². The highest BCUT2D eigenvalue weighted by molar-refractivity contribution is 5.84. The Balaban J connectivity index is 3.27. The van der Waals surface area contributed by atoms with E-state index < -0.39 is 5.97 Å².